The molecule has 7 atom stereocenters. The average Bonchev–Trinajstić information content (AvgIpc) is 3.13. The summed E-state index contributed by atoms with van der Waals surface area (Å²) in [4.78, 5) is 11.8. The summed E-state index contributed by atoms with van der Waals surface area (Å²) in [6.45, 7) is 4.75. The highest BCUT2D eigenvalue weighted by molar-refractivity contribution is 5.92. The minimum Gasteiger partial charge on any atom is -0.393 e. The van der Waals surface area contributed by atoms with E-state index in [9.17, 15) is 9.90 Å². The third-order valence-corrected chi connectivity index (χ3v) is 8.63. The molecule has 0 heterocycles. The molecule has 3 fully saturated rings. The molecule has 0 saturated heterocycles. The monoisotopic (exact) mass is 298 g/mol. The molecule has 2 nitrogen and oxygen atoms in total. The minimum atomic E-state index is -0.0988. The third kappa shape index (κ3) is 1.28. The Hall–Kier alpha value is -0.890. The Kier molecular flexibility index (Phi) is 2.32. The zero-order chi connectivity index (χ0) is 15.3. The fraction of sp³-hybridized carbons (Fsp3) is 0.750. The van der Waals surface area contributed by atoms with Gasteiger partial charge in [-0.05, 0) is 77.8 Å². The van der Waals surface area contributed by atoms with Crippen LogP contribution in [0.25, 0.3) is 0 Å². The van der Waals surface area contributed by atoms with Crippen molar-refractivity contribution in [1.29, 1.82) is 0 Å². The van der Waals surface area contributed by atoms with Gasteiger partial charge in [-0.1, -0.05) is 26.0 Å². The predicted octanol–water partition coefficient (Wildman–Crippen LogP) is 3.66. The summed E-state index contributed by atoms with van der Waals surface area (Å²) in [5.74, 6) is 2.32. The lowest BCUT2D eigenvalue weighted by Crippen LogP contribution is -2.52. The van der Waals surface area contributed by atoms with Gasteiger partial charge in [0.15, 0.2) is 5.78 Å². The summed E-state index contributed by atoms with van der Waals surface area (Å²) in [5, 5.41) is 10.6. The molecule has 3 saturated carbocycles. The molecule has 5 aliphatic rings. The van der Waals surface area contributed by atoms with Crippen LogP contribution in [-0.4, -0.2) is 17.0 Å². The van der Waals surface area contributed by atoms with E-state index < -0.39 is 0 Å². The summed E-state index contributed by atoms with van der Waals surface area (Å²) in [7, 11) is 0. The molecular formula is C20H26O2. The number of ketones is 1. The fourth-order valence-electron chi connectivity index (χ4n) is 7.17. The second-order valence-electron chi connectivity index (χ2n) is 9.12. The number of hydrogen-bond acceptors (Lipinski definition) is 2. The van der Waals surface area contributed by atoms with E-state index in [2.05, 4.69) is 26.0 Å². The quantitative estimate of drug-likeness (QED) is 0.741. The van der Waals surface area contributed by atoms with Gasteiger partial charge < -0.3 is 5.11 Å². The van der Waals surface area contributed by atoms with E-state index in [0.717, 1.165) is 25.2 Å². The number of hydrogen-bond donors (Lipinski definition) is 1. The van der Waals surface area contributed by atoms with E-state index >= 15 is 0 Å². The molecule has 2 heteroatoms. The van der Waals surface area contributed by atoms with E-state index in [0.29, 0.717) is 29.5 Å². The first-order chi connectivity index (χ1) is 10.4. The molecule has 0 unspecified atom stereocenters. The molecule has 0 bridgehead atoms. The Morgan fingerprint density at radius 2 is 2.09 bits per heavy atom. The van der Waals surface area contributed by atoms with Gasteiger partial charge in [-0.15, -0.1) is 0 Å². The lowest BCUT2D eigenvalue weighted by molar-refractivity contribution is -0.117. The molecule has 1 N–H and O–H groups in total. The fourth-order valence-corrected chi connectivity index (χ4v) is 7.17. The number of carbonyl (C=O) groups is 1. The van der Waals surface area contributed by atoms with Gasteiger partial charge in [0.2, 0.25) is 0 Å². The normalized spacial score (nSPS) is 58.3. The molecule has 0 aromatic rings. The van der Waals surface area contributed by atoms with Crippen LogP contribution < -0.4 is 0 Å². The van der Waals surface area contributed by atoms with E-state index in [1.165, 1.54) is 18.4 Å². The Labute approximate surface area is 132 Å². The van der Waals surface area contributed by atoms with Gasteiger partial charge in [-0.3, -0.25) is 4.79 Å². The molecule has 0 aromatic heterocycles. The summed E-state index contributed by atoms with van der Waals surface area (Å²) < 4.78 is 0. The Morgan fingerprint density at radius 3 is 2.91 bits per heavy atom. The number of rotatable bonds is 0. The highest BCUT2D eigenvalue weighted by atomic mass is 16.3. The van der Waals surface area contributed by atoms with Crippen LogP contribution >= 0.6 is 0 Å². The molecule has 0 aromatic carbocycles. The van der Waals surface area contributed by atoms with E-state index in [-0.39, 0.29) is 16.9 Å². The van der Waals surface area contributed by atoms with Crippen molar-refractivity contribution < 1.29 is 9.90 Å². The topological polar surface area (TPSA) is 37.3 Å². The zero-order valence-electron chi connectivity index (χ0n) is 13.6. The van der Waals surface area contributed by atoms with Crippen molar-refractivity contribution >= 4 is 5.78 Å². The van der Waals surface area contributed by atoms with Gasteiger partial charge in [-0.25, -0.2) is 0 Å². The van der Waals surface area contributed by atoms with Crippen LogP contribution in [0.2, 0.25) is 0 Å². The van der Waals surface area contributed by atoms with Crippen LogP contribution in [0.15, 0.2) is 23.8 Å². The summed E-state index contributed by atoms with van der Waals surface area (Å²) >= 11 is 0. The predicted molar refractivity (Wildman–Crippen MR) is 85.1 cm³/mol. The average molecular weight is 298 g/mol. The van der Waals surface area contributed by atoms with Crippen LogP contribution in [0.1, 0.15) is 52.4 Å². The van der Waals surface area contributed by atoms with Gasteiger partial charge in [-0.2, -0.15) is 0 Å². The molecule has 5 aliphatic carbocycles. The van der Waals surface area contributed by atoms with Crippen molar-refractivity contribution in [1.82, 2.24) is 0 Å². The summed E-state index contributed by atoms with van der Waals surface area (Å²) in [6, 6.07) is 0. The van der Waals surface area contributed by atoms with Gasteiger partial charge in [0.25, 0.3) is 0 Å². The molecular weight excluding hydrogens is 272 g/mol. The molecule has 0 aliphatic heterocycles. The van der Waals surface area contributed by atoms with Gasteiger partial charge >= 0.3 is 0 Å². The van der Waals surface area contributed by atoms with Gasteiger partial charge in [0.05, 0.1) is 6.10 Å². The van der Waals surface area contributed by atoms with Crippen molar-refractivity contribution in [3.05, 3.63) is 23.8 Å². The highest BCUT2D eigenvalue weighted by Gasteiger charge is 2.77. The first kappa shape index (κ1) is 13.5. The molecule has 0 amide bonds. The van der Waals surface area contributed by atoms with Crippen LogP contribution in [0, 0.1) is 34.0 Å². The second-order valence-corrected chi connectivity index (χ2v) is 9.12. The Bertz CT molecular complexity index is 632. The Balaban J connectivity index is 1.63. The number of aliphatic hydroxyl groups excluding tert-OH is 1. The van der Waals surface area contributed by atoms with Crippen LogP contribution in [0.5, 0.6) is 0 Å². The zero-order valence-corrected chi connectivity index (χ0v) is 13.6. The van der Waals surface area contributed by atoms with Gasteiger partial charge in [0.1, 0.15) is 0 Å². The van der Waals surface area contributed by atoms with Crippen molar-refractivity contribution in [2.75, 3.05) is 0 Å². The molecule has 22 heavy (non-hydrogen) atoms. The number of fused-ring (bicyclic) bond motifs is 3. The lowest BCUT2D eigenvalue weighted by atomic mass is 9.47. The number of allylic oxidation sites excluding steroid dienone is 4. The molecule has 0 radical (unpaired) electrons. The van der Waals surface area contributed by atoms with E-state index in [1.807, 2.05) is 6.08 Å². The Morgan fingerprint density at radius 1 is 1.27 bits per heavy atom. The van der Waals surface area contributed by atoms with Crippen LogP contribution in [0.3, 0.4) is 0 Å². The van der Waals surface area contributed by atoms with Crippen molar-refractivity contribution in [2.45, 2.75) is 58.5 Å². The maximum atomic E-state index is 11.8. The van der Waals surface area contributed by atoms with Crippen LogP contribution in [-0.2, 0) is 4.79 Å². The molecule has 5 rings (SSSR count). The maximum absolute atomic E-state index is 11.8. The largest absolute Gasteiger partial charge is 0.393 e. The summed E-state index contributed by atoms with van der Waals surface area (Å²) in [5.41, 5.74) is 1.96. The molecule has 118 valence electrons. The van der Waals surface area contributed by atoms with Crippen molar-refractivity contribution in [2.24, 2.45) is 34.0 Å². The van der Waals surface area contributed by atoms with E-state index in [1.54, 1.807) is 0 Å². The number of aliphatic hydroxyl groups is 1. The lowest BCUT2D eigenvalue weighted by Gasteiger charge is -2.57. The standard InChI is InChI=1S/C20H26O2/c1-18-7-5-14(21)9-12(18)3-4-16-15(18)6-8-19(2)17(22)10-13-11-20(13,16)19/h3-4,9,13,15-17,22H,5-8,10-11H2,1-2H3/t13-,15-,16+,17+,18-,19+,20+/m0/s1. The molecule has 1 spiro atoms. The summed E-state index contributed by atoms with van der Waals surface area (Å²) in [6.07, 6.45) is 12.9. The SMILES string of the molecule is C[C@]12CCC(=O)C=C1C=C[C@@H]1[C@@H]2CC[C@]2(C)[C@H](O)C[C@H]3C[C@@]312. The second kappa shape index (κ2) is 3.77. The van der Waals surface area contributed by atoms with Crippen molar-refractivity contribution in [3.63, 3.8) is 0 Å². The number of carbonyl (C=O) groups excluding carboxylic acids is 1. The minimum absolute atomic E-state index is 0.0988. The third-order valence-electron chi connectivity index (χ3n) is 8.63. The first-order valence-corrected chi connectivity index (χ1v) is 9.03. The van der Waals surface area contributed by atoms with Gasteiger partial charge in [0, 0.05) is 6.42 Å². The maximum Gasteiger partial charge on any atom is 0.156 e. The van der Waals surface area contributed by atoms with Crippen LogP contribution in [0.4, 0.5) is 0 Å². The smallest absolute Gasteiger partial charge is 0.156 e. The van der Waals surface area contributed by atoms with Crippen molar-refractivity contribution in [3.8, 4) is 0 Å². The highest BCUT2D eigenvalue weighted by Crippen LogP contribution is 2.81. The van der Waals surface area contributed by atoms with E-state index in [4.69, 9.17) is 0 Å². The first-order valence-electron chi connectivity index (χ1n) is 9.03.